The smallest absolute Gasteiger partial charge is 0.252 e. The Balaban J connectivity index is 2.30. The lowest BCUT2D eigenvalue weighted by atomic mass is 10.3. The van der Waals surface area contributed by atoms with Crippen LogP contribution in [0.3, 0.4) is 0 Å². The number of thiophene rings is 1. The van der Waals surface area contributed by atoms with E-state index in [4.69, 9.17) is 0 Å². The number of hydrogen-bond donors (Lipinski definition) is 0. The summed E-state index contributed by atoms with van der Waals surface area (Å²) in [6, 6.07) is 5.36. The minimum absolute atomic E-state index is 0.357. The van der Waals surface area contributed by atoms with Crippen molar-refractivity contribution >= 4 is 37.3 Å². The number of pyridine rings is 1. The van der Waals surface area contributed by atoms with Gasteiger partial charge in [-0.15, -0.1) is 11.3 Å². The fraction of sp³-hybridized carbons (Fsp3) is 0.308. The predicted molar refractivity (Wildman–Crippen MR) is 84.3 cm³/mol. The molecule has 0 aliphatic carbocycles. The third-order valence-electron chi connectivity index (χ3n) is 2.89. The summed E-state index contributed by atoms with van der Waals surface area (Å²) in [6.45, 7) is 4.52. The Hall–Kier alpha value is -0.760. The average molecular weight is 375 g/mol. The van der Waals surface area contributed by atoms with E-state index in [9.17, 15) is 8.42 Å². The van der Waals surface area contributed by atoms with Crippen molar-refractivity contribution in [1.29, 1.82) is 0 Å². The van der Waals surface area contributed by atoms with Gasteiger partial charge in [0.05, 0.1) is 3.79 Å². The van der Waals surface area contributed by atoms with E-state index in [2.05, 4.69) is 20.9 Å². The second kappa shape index (κ2) is 6.34. The highest BCUT2D eigenvalue weighted by atomic mass is 79.9. The normalized spacial score (nSPS) is 12.0. The molecule has 0 fully saturated rings. The molecule has 0 radical (unpaired) electrons. The van der Waals surface area contributed by atoms with Gasteiger partial charge in [-0.05, 0) is 52.2 Å². The first-order chi connectivity index (χ1) is 9.45. The van der Waals surface area contributed by atoms with E-state index in [1.54, 1.807) is 18.5 Å². The van der Waals surface area contributed by atoms with Crippen LogP contribution >= 0.6 is 27.3 Å². The zero-order valence-corrected chi connectivity index (χ0v) is 14.4. The molecule has 0 aliphatic heterocycles. The summed E-state index contributed by atoms with van der Waals surface area (Å²) in [5.74, 6) is 0. The van der Waals surface area contributed by atoms with Crippen molar-refractivity contribution in [2.75, 3.05) is 6.54 Å². The van der Waals surface area contributed by atoms with Gasteiger partial charge < -0.3 is 0 Å². The minimum Gasteiger partial charge on any atom is -0.265 e. The molecule has 0 unspecified atom stereocenters. The molecule has 2 rings (SSSR count). The molecule has 2 aromatic rings. The Kier molecular flexibility index (Phi) is 4.95. The van der Waals surface area contributed by atoms with Gasteiger partial charge in [0.15, 0.2) is 0 Å². The SMILES string of the molecule is CCN(Cc1ccncc1)S(=O)(=O)c1cc(C)c(Br)s1. The monoisotopic (exact) mass is 374 g/mol. The lowest BCUT2D eigenvalue weighted by molar-refractivity contribution is 0.424. The third kappa shape index (κ3) is 3.28. The quantitative estimate of drug-likeness (QED) is 0.805. The van der Waals surface area contributed by atoms with Crippen molar-refractivity contribution in [3.8, 4) is 0 Å². The molecule has 108 valence electrons. The lowest BCUT2D eigenvalue weighted by Gasteiger charge is -2.19. The van der Waals surface area contributed by atoms with Gasteiger partial charge in [-0.1, -0.05) is 6.92 Å². The molecule has 7 heteroatoms. The molecular weight excluding hydrogens is 360 g/mol. The number of nitrogens with zero attached hydrogens (tertiary/aromatic N) is 2. The van der Waals surface area contributed by atoms with Gasteiger partial charge in [-0.2, -0.15) is 4.31 Å². The molecule has 0 spiro atoms. The van der Waals surface area contributed by atoms with Crippen molar-refractivity contribution in [2.45, 2.75) is 24.6 Å². The second-order valence-corrected chi connectivity index (χ2v) is 8.84. The average Bonchev–Trinajstić information content (AvgIpc) is 2.78. The van der Waals surface area contributed by atoms with E-state index in [0.29, 0.717) is 17.3 Å². The van der Waals surface area contributed by atoms with Crippen LogP contribution in [0.1, 0.15) is 18.1 Å². The molecule has 0 saturated heterocycles. The maximum Gasteiger partial charge on any atom is 0.252 e. The maximum absolute atomic E-state index is 12.6. The van der Waals surface area contributed by atoms with Crippen LogP contribution in [0.25, 0.3) is 0 Å². The van der Waals surface area contributed by atoms with Crippen LogP contribution in [0.4, 0.5) is 0 Å². The molecule has 4 nitrogen and oxygen atoms in total. The minimum atomic E-state index is -3.45. The fourth-order valence-corrected chi connectivity index (χ4v) is 5.56. The Morgan fingerprint density at radius 2 is 2.00 bits per heavy atom. The van der Waals surface area contributed by atoms with E-state index < -0.39 is 10.0 Å². The molecule has 0 bridgehead atoms. The fourth-order valence-electron chi connectivity index (χ4n) is 1.74. The molecule has 0 atom stereocenters. The van der Waals surface area contributed by atoms with Crippen molar-refractivity contribution in [3.63, 3.8) is 0 Å². The summed E-state index contributed by atoms with van der Waals surface area (Å²) >= 11 is 4.62. The van der Waals surface area contributed by atoms with Crippen LogP contribution in [0.15, 0.2) is 38.6 Å². The highest BCUT2D eigenvalue weighted by Gasteiger charge is 2.25. The molecule has 2 aromatic heterocycles. The lowest BCUT2D eigenvalue weighted by Crippen LogP contribution is -2.29. The van der Waals surface area contributed by atoms with E-state index >= 15 is 0 Å². The largest absolute Gasteiger partial charge is 0.265 e. The molecule has 0 N–H and O–H groups in total. The molecular formula is C13H15BrN2O2S2. The molecule has 0 amide bonds. The van der Waals surface area contributed by atoms with E-state index in [0.717, 1.165) is 14.9 Å². The summed E-state index contributed by atoms with van der Waals surface area (Å²) in [7, 11) is -3.45. The highest BCUT2D eigenvalue weighted by Crippen LogP contribution is 2.32. The number of sulfonamides is 1. The van der Waals surface area contributed by atoms with Crippen LogP contribution in [0.2, 0.25) is 0 Å². The van der Waals surface area contributed by atoms with Gasteiger partial charge in [-0.3, -0.25) is 4.98 Å². The first kappa shape index (κ1) is 15.6. The summed E-state index contributed by atoms with van der Waals surface area (Å²) < 4.78 is 28.0. The van der Waals surface area contributed by atoms with E-state index in [-0.39, 0.29) is 0 Å². The van der Waals surface area contributed by atoms with Crippen LogP contribution < -0.4 is 0 Å². The van der Waals surface area contributed by atoms with E-state index in [1.165, 1.54) is 15.6 Å². The van der Waals surface area contributed by atoms with Gasteiger partial charge in [0.2, 0.25) is 0 Å². The van der Waals surface area contributed by atoms with Crippen molar-refractivity contribution in [3.05, 3.63) is 45.5 Å². The Morgan fingerprint density at radius 3 is 2.50 bits per heavy atom. The van der Waals surface area contributed by atoms with Gasteiger partial charge >= 0.3 is 0 Å². The zero-order chi connectivity index (χ0) is 14.8. The number of aromatic nitrogens is 1. The molecule has 20 heavy (non-hydrogen) atoms. The number of hydrogen-bond acceptors (Lipinski definition) is 4. The first-order valence-electron chi connectivity index (χ1n) is 6.10. The molecule has 2 heterocycles. The highest BCUT2D eigenvalue weighted by molar-refractivity contribution is 9.11. The molecule has 0 saturated carbocycles. The maximum atomic E-state index is 12.6. The van der Waals surface area contributed by atoms with Crippen LogP contribution in [0, 0.1) is 6.92 Å². The van der Waals surface area contributed by atoms with Crippen molar-refractivity contribution in [1.82, 2.24) is 9.29 Å². The summed E-state index contributed by atoms with van der Waals surface area (Å²) in [5, 5.41) is 0. The van der Waals surface area contributed by atoms with Gasteiger partial charge in [-0.25, -0.2) is 8.42 Å². The number of rotatable bonds is 5. The van der Waals surface area contributed by atoms with Crippen molar-refractivity contribution < 1.29 is 8.42 Å². The van der Waals surface area contributed by atoms with Gasteiger partial charge in [0, 0.05) is 25.5 Å². The van der Waals surface area contributed by atoms with Crippen LogP contribution in [-0.4, -0.2) is 24.3 Å². The second-order valence-electron chi connectivity index (χ2n) is 4.31. The Morgan fingerprint density at radius 1 is 1.35 bits per heavy atom. The summed E-state index contributed by atoms with van der Waals surface area (Å²) in [6.07, 6.45) is 3.34. The standard InChI is InChI=1S/C13H15BrN2O2S2/c1-3-16(9-11-4-6-15-7-5-11)20(17,18)12-8-10(2)13(14)19-12/h4-8H,3,9H2,1-2H3. The summed E-state index contributed by atoms with van der Waals surface area (Å²) in [4.78, 5) is 3.94. The third-order valence-corrected chi connectivity index (χ3v) is 7.40. The summed E-state index contributed by atoms with van der Waals surface area (Å²) in [5.41, 5.74) is 1.87. The van der Waals surface area contributed by atoms with Gasteiger partial charge in [0.25, 0.3) is 10.0 Å². The topological polar surface area (TPSA) is 50.3 Å². The Labute approximate surface area is 131 Å². The zero-order valence-electron chi connectivity index (χ0n) is 11.2. The van der Waals surface area contributed by atoms with Crippen LogP contribution in [0.5, 0.6) is 0 Å². The van der Waals surface area contributed by atoms with Crippen LogP contribution in [-0.2, 0) is 16.6 Å². The Bertz CT molecular complexity index is 664. The molecule has 0 aliphatic rings. The van der Waals surface area contributed by atoms with E-state index in [1.807, 2.05) is 26.0 Å². The molecule has 0 aromatic carbocycles. The number of halogens is 1. The van der Waals surface area contributed by atoms with Gasteiger partial charge in [0.1, 0.15) is 4.21 Å². The first-order valence-corrected chi connectivity index (χ1v) is 9.15. The predicted octanol–water partition coefficient (Wildman–Crippen LogP) is 3.42. The van der Waals surface area contributed by atoms with Crippen molar-refractivity contribution in [2.24, 2.45) is 0 Å². The number of aryl methyl sites for hydroxylation is 1.